The average Bonchev–Trinajstić information content (AvgIpc) is 3.16. The molecule has 0 unspecified atom stereocenters. The standard InChI is InChI=1S/C18H14ClN3O2S2/c19-14-4-6-16-13(11-14)7-8-22(16)26(23,24)9-1-2-12-3-5-15-17(10-12)25-18(20)21-15/h1-8,10-11H,9H2,(H2,20,21). The summed E-state index contributed by atoms with van der Waals surface area (Å²) in [6.45, 7) is 0. The molecule has 0 fully saturated rings. The number of hydrogen-bond acceptors (Lipinski definition) is 5. The number of benzene rings is 2. The summed E-state index contributed by atoms with van der Waals surface area (Å²) in [4.78, 5) is 4.21. The van der Waals surface area contributed by atoms with Crippen LogP contribution in [0.5, 0.6) is 0 Å². The van der Waals surface area contributed by atoms with Gasteiger partial charge in [0.2, 0.25) is 10.0 Å². The van der Waals surface area contributed by atoms with E-state index in [2.05, 4.69) is 4.98 Å². The Morgan fingerprint density at radius 2 is 2.04 bits per heavy atom. The third-order valence-corrected chi connectivity index (χ3v) is 6.58. The molecule has 0 saturated carbocycles. The van der Waals surface area contributed by atoms with Gasteiger partial charge in [0.25, 0.3) is 0 Å². The minimum Gasteiger partial charge on any atom is -0.375 e. The molecule has 0 bridgehead atoms. The number of halogens is 1. The number of nitrogens with zero attached hydrogens (tertiary/aromatic N) is 2. The normalized spacial score (nSPS) is 12.5. The predicted molar refractivity (Wildman–Crippen MR) is 109 cm³/mol. The van der Waals surface area contributed by atoms with Gasteiger partial charge in [-0.2, -0.15) is 0 Å². The van der Waals surface area contributed by atoms with Crippen molar-refractivity contribution in [2.24, 2.45) is 0 Å². The van der Waals surface area contributed by atoms with E-state index in [9.17, 15) is 8.42 Å². The minimum absolute atomic E-state index is 0.109. The van der Waals surface area contributed by atoms with Crippen molar-refractivity contribution in [3.8, 4) is 0 Å². The van der Waals surface area contributed by atoms with E-state index >= 15 is 0 Å². The number of anilines is 1. The van der Waals surface area contributed by atoms with Gasteiger partial charge in [0.05, 0.1) is 21.5 Å². The van der Waals surface area contributed by atoms with Gasteiger partial charge in [-0.25, -0.2) is 17.4 Å². The van der Waals surface area contributed by atoms with Crippen molar-refractivity contribution in [1.29, 1.82) is 0 Å². The molecule has 132 valence electrons. The Morgan fingerprint density at radius 3 is 2.88 bits per heavy atom. The summed E-state index contributed by atoms with van der Waals surface area (Å²) < 4.78 is 27.6. The Bertz CT molecular complexity index is 1260. The lowest BCUT2D eigenvalue weighted by atomic mass is 10.2. The van der Waals surface area contributed by atoms with Gasteiger partial charge >= 0.3 is 0 Å². The fourth-order valence-electron chi connectivity index (χ4n) is 2.78. The molecule has 4 rings (SSSR count). The number of rotatable bonds is 4. The Hall–Kier alpha value is -2.35. The number of nitrogen functional groups attached to an aromatic ring is 1. The molecule has 0 aliphatic heterocycles. The van der Waals surface area contributed by atoms with Gasteiger partial charge in [-0.3, -0.25) is 0 Å². The highest BCUT2D eigenvalue weighted by Gasteiger charge is 2.14. The summed E-state index contributed by atoms with van der Waals surface area (Å²) in [6.07, 6.45) is 4.98. The van der Waals surface area contributed by atoms with E-state index in [4.69, 9.17) is 17.3 Å². The van der Waals surface area contributed by atoms with Gasteiger partial charge in [-0.05, 0) is 42.0 Å². The van der Waals surface area contributed by atoms with Gasteiger partial charge in [-0.15, -0.1) is 0 Å². The van der Waals surface area contributed by atoms with Gasteiger partial charge in [-0.1, -0.05) is 41.2 Å². The second-order valence-corrected chi connectivity index (χ2v) is 9.16. The Labute approximate surface area is 159 Å². The summed E-state index contributed by atoms with van der Waals surface area (Å²) in [5.41, 5.74) is 8.07. The van der Waals surface area contributed by atoms with Gasteiger partial charge in [0.15, 0.2) is 5.13 Å². The number of thiazole rings is 1. The SMILES string of the molecule is Nc1nc2ccc(C=CCS(=O)(=O)n3ccc4cc(Cl)ccc43)cc2s1. The summed E-state index contributed by atoms with van der Waals surface area (Å²) in [5.74, 6) is -0.109. The van der Waals surface area contributed by atoms with Crippen LogP contribution < -0.4 is 5.73 Å². The van der Waals surface area contributed by atoms with E-state index in [0.717, 1.165) is 21.2 Å². The Morgan fingerprint density at radius 1 is 1.19 bits per heavy atom. The predicted octanol–water partition coefficient (Wildman–Crippen LogP) is 4.38. The van der Waals surface area contributed by atoms with Crippen molar-refractivity contribution in [1.82, 2.24) is 8.96 Å². The quantitative estimate of drug-likeness (QED) is 0.548. The molecule has 0 aliphatic carbocycles. The largest absolute Gasteiger partial charge is 0.375 e. The molecule has 2 aromatic carbocycles. The van der Waals surface area contributed by atoms with E-state index in [-0.39, 0.29) is 5.75 Å². The molecule has 2 N–H and O–H groups in total. The van der Waals surface area contributed by atoms with Crippen LogP contribution in [0.1, 0.15) is 5.56 Å². The molecule has 0 amide bonds. The molecular weight excluding hydrogens is 390 g/mol. The number of hydrogen-bond donors (Lipinski definition) is 1. The zero-order chi connectivity index (χ0) is 18.3. The average molecular weight is 404 g/mol. The summed E-state index contributed by atoms with van der Waals surface area (Å²) in [5, 5.41) is 1.88. The van der Waals surface area contributed by atoms with Gasteiger partial charge in [0, 0.05) is 16.6 Å². The lowest BCUT2D eigenvalue weighted by Gasteiger charge is -2.05. The highest BCUT2D eigenvalue weighted by atomic mass is 35.5. The maximum atomic E-state index is 12.7. The van der Waals surface area contributed by atoms with Crippen LogP contribution >= 0.6 is 22.9 Å². The summed E-state index contributed by atoms with van der Waals surface area (Å²) >= 11 is 7.36. The Balaban J connectivity index is 1.59. The molecule has 8 heteroatoms. The van der Waals surface area contributed by atoms with Crippen molar-refractivity contribution < 1.29 is 8.42 Å². The van der Waals surface area contributed by atoms with Crippen LogP contribution in [0.4, 0.5) is 5.13 Å². The molecule has 4 aromatic rings. The molecule has 0 atom stereocenters. The lowest BCUT2D eigenvalue weighted by Crippen LogP contribution is -2.14. The molecule has 0 saturated heterocycles. The van der Waals surface area contributed by atoms with Gasteiger partial charge in [0.1, 0.15) is 0 Å². The summed E-state index contributed by atoms with van der Waals surface area (Å²) in [6, 6.07) is 12.6. The minimum atomic E-state index is -3.51. The second kappa shape index (κ2) is 6.42. The molecule has 0 aliphatic rings. The fraction of sp³-hybridized carbons (Fsp3) is 0.0556. The van der Waals surface area contributed by atoms with Crippen molar-refractivity contribution >= 4 is 65.3 Å². The van der Waals surface area contributed by atoms with Crippen LogP contribution in [0.2, 0.25) is 5.02 Å². The monoisotopic (exact) mass is 403 g/mol. The van der Waals surface area contributed by atoms with E-state index < -0.39 is 10.0 Å². The van der Waals surface area contributed by atoms with Crippen LogP contribution in [-0.2, 0) is 10.0 Å². The third kappa shape index (κ3) is 3.21. The van der Waals surface area contributed by atoms with Crippen molar-refractivity contribution in [3.05, 3.63) is 65.3 Å². The van der Waals surface area contributed by atoms with E-state index in [1.165, 1.54) is 15.3 Å². The van der Waals surface area contributed by atoms with Crippen molar-refractivity contribution in [2.75, 3.05) is 11.5 Å². The first-order valence-electron chi connectivity index (χ1n) is 7.75. The van der Waals surface area contributed by atoms with Gasteiger partial charge < -0.3 is 5.73 Å². The molecular formula is C18H14ClN3O2S2. The van der Waals surface area contributed by atoms with Crippen LogP contribution in [0.15, 0.2) is 54.7 Å². The smallest absolute Gasteiger partial charge is 0.242 e. The fourth-order valence-corrected chi connectivity index (χ4v) is 4.95. The van der Waals surface area contributed by atoms with Crippen LogP contribution in [0.25, 0.3) is 27.2 Å². The highest BCUT2D eigenvalue weighted by molar-refractivity contribution is 7.90. The second-order valence-electron chi connectivity index (χ2n) is 5.77. The highest BCUT2D eigenvalue weighted by Crippen LogP contribution is 2.25. The first-order valence-corrected chi connectivity index (χ1v) is 10.6. The zero-order valence-corrected chi connectivity index (χ0v) is 15.9. The lowest BCUT2D eigenvalue weighted by molar-refractivity contribution is 0.592. The van der Waals surface area contributed by atoms with E-state index in [0.29, 0.717) is 15.7 Å². The zero-order valence-electron chi connectivity index (χ0n) is 13.5. The molecule has 2 aromatic heterocycles. The Kier molecular flexibility index (Phi) is 4.22. The third-order valence-electron chi connectivity index (χ3n) is 3.96. The number of aromatic nitrogens is 2. The van der Waals surface area contributed by atoms with Crippen LogP contribution in [0.3, 0.4) is 0 Å². The van der Waals surface area contributed by atoms with Crippen molar-refractivity contribution in [2.45, 2.75) is 0 Å². The van der Waals surface area contributed by atoms with E-state index in [1.807, 2.05) is 18.2 Å². The molecule has 0 radical (unpaired) electrons. The number of fused-ring (bicyclic) bond motifs is 2. The molecule has 5 nitrogen and oxygen atoms in total. The van der Waals surface area contributed by atoms with E-state index in [1.54, 1.807) is 42.6 Å². The molecule has 2 heterocycles. The number of nitrogens with two attached hydrogens (primary N) is 1. The van der Waals surface area contributed by atoms with Crippen LogP contribution in [-0.4, -0.2) is 23.1 Å². The topological polar surface area (TPSA) is 78.0 Å². The maximum Gasteiger partial charge on any atom is 0.242 e. The van der Waals surface area contributed by atoms with Crippen LogP contribution in [0, 0.1) is 0 Å². The summed E-state index contributed by atoms with van der Waals surface area (Å²) in [7, 11) is -3.51. The van der Waals surface area contributed by atoms with Crippen molar-refractivity contribution in [3.63, 3.8) is 0 Å². The first kappa shape index (κ1) is 17.1. The maximum absolute atomic E-state index is 12.7. The first-order chi connectivity index (χ1) is 12.4. The molecule has 0 spiro atoms. The molecule has 26 heavy (non-hydrogen) atoms.